The lowest BCUT2D eigenvalue weighted by atomic mass is 10.0. The molecule has 1 saturated heterocycles. The van der Waals surface area contributed by atoms with Crippen molar-refractivity contribution >= 4 is 23.7 Å². The summed E-state index contributed by atoms with van der Waals surface area (Å²) in [6.45, 7) is 1.08. The van der Waals surface area contributed by atoms with Crippen LogP contribution in [0.25, 0.3) is 0 Å². The van der Waals surface area contributed by atoms with Crippen molar-refractivity contribution in [1.82, 2.24) is 0 Å². The normalized spacial score (nSPS) is 18.6. The third-order valence-corrected chi connectivity index (χ3v) is 3.14. The van der Waals surface area contributed by atoms with E-state index in [1.54, 1.807) is 12.1 Å². The molecule has 1 aromatic rings. The molecule has 5 heteroatoms. The number of ether oxygens (including phenoxy) is 2. The molecule has 18 heavy (non-hydrogen) atoms. The van der Waals surface area contributed by atoms with Gasteiger partial charge in [0.25, 0.3) is 0 Å². The van der Waals surface area contributed by atoms with Gasteiger partial charge in [-0.2, -0.15) is 0 Å². The first-order chi connectivity index (χ1) is 8.70. The molecule has 1 heterocycles. The Morgan fingerprint density at radius 2 is 2.39 bits per heavy atom. The Morgan fingerprint density at radius 3 is 3.00 bits per heavy atom. The van der Waals surface area contributed by atoms with Gasteiger partial charge >= 0.3 is 0 Å². The highest BCUT2D eigenvalue weighted by atomic mass is 35.5. The lowest BCUT2D eigenvalue weighted by molar-refractivity contribution is -0.124. The van der Waals surface area contributed by atoms with E-state index in [2.05, 4.69) is 0 Å². The molecule has 0 N–H and O–H groups in total. The second-order valence-corrected chi connectivity index (χ2v) is 4.53. The fraction of sp³-hybridized carbons (Fsp3) is 0.385. The van der Waals surface area contributed by atoms with E-state index in [1.165, 1.54) is 6.07 Å². The van der Waals surface area contributed by atoms with E-state index >= 15 is 0 Å². The number of hydrogen-bond donors (Lipinski definition) is 0. The van der Waals surface area contributed by atoms with Crippen LogP contribution in [0.4, 0.5) is 0 Å². The molecule has 1 aliphatic heterocycles. The van der Waals surface area contributed by atoms with Crippen LogP contribution in [-0.4, -0.2) is 31.9 Å². The molecule has 1 atom stereocenters. The van der Waals surface area contributed by atoms with Gasteiger partial charge in [0, 0.05) is 18.1 Å². The van der Waals surface area contributed by atoms with Gasteiger partial charge in [-0.1, -0.05) is 11.6 Å². The Bertz CT molecular complexity index is 452. The molecular formula is C13H13ClO4. The number of aldehydes is 1. The highest BCUT2D eigenvalue weighted by molar-refractivity contribution is 6.32. The first-order valence-corrected chi connectivity index (χ1v) is 6.06. The smallest absolute Gasteiger partial charge is 0.175 e. The standard InChI is InChI=1S/C13H13ClO4/c14-11-5-9(6-15)1-2-13(11)18-8-12(16)10-3-4-17-7-10/h1-2,5-6,10H,3-4,7-8H2. The molecule has 1 aromatic carbocycles. The highest BCUT2D eigenvalue weighted by Gasteiger charge is 2.23. The molecule has 1 unspecified atom stereocenters. The number of halogens is 1. The largest absolute Gasteiger partial charge is 0.484 e. The maximum Gasteiger partial charge on any atom is 0.175 e. The maximum atomic E-state index is 11.7. The van der Waals surface area contributed by atoms with E-state index in [0.717, 1.165) is 6.42 Å². The van der Waals surface area contributed by atoms with Crippen molar-refractivity contribution in [2.75, 3.05) is 19.8 Å². The minimum atomic E-state index is -0.0713. The van der Waals surface area contributed by atoms with Gasteiger partial charge < -0.3 is 9.47 Å². The predicted octanol–water partition coefficient (Wildman–Crippen LogP) is 2.14. The molecule has 0 aliphatic carbocycles. The van der Waals surface area contributed by atoms with Crippen LogP contribution in [0.15, 0.2) is 18.2 Å². The average Bonchev–Trinajstić information content (AvgIpc) is 2.90. The van der Waals surface area contributed by atoms with Crippen LogP contribution in [0.5, 0.6) is 5.75 Å². The highest BCUT2D eigenvalue weighted by Crippen LogP contribution is 2.25. The van der Waals surface area contributed by atoms with Gasteiger partial charge in [0.1, 0.15) is 18.6 Å². The first-order valence-electron chi connectivity index (χ1n) is 5.68. The molecule has 1 aliphatic rings. The van der Waals surface area contributed by atoms with Crippen molar-refractivity contribution < 1.29 is 19.1 Å². The van der Waals surface area contributed by atoms with Crippen molar-refractivity contribution in [3.05, 3.63) is 28.8 Å². The van der Waals surface area contributed by atoms with Crippen LogP contribution in [0.3, 0.4) is 0 Å². The number of ketones is 1. The number of carbonyl (C=O) groups excluding carboxylic acids is 2. The quantitative estimate of drug-likeness (QED) is 0.768. The van der Waals surface area contributed by atoms with Crippen LogP contribution in [-0.2, 0) is 9.53 Å². The van der Waals surface area contributed by atoms with Gasteiger partial charge in [0.2, 0.25) is 0 Å². The fourth-order valence-corrected chi connectivity index (χ4v) is 2.01. The topological polar surface area (TPSA) is 52.6 Å². The zero-order valence-corrected chi connectivity index (χ0v) is 10.5. The summed E-state index contributed by atoms with van der Waals surface area (Å²) < 4.78 is 10.5. The minimum absolute atomic E-state index is 0.0167. The number of Topliss-reactive ketones (excluding diaryl/α,β-unsaturated/α-hetero) is 1. The fourth-order valence-electron chi connectivity index (χ4n) is 1.76. The second-order valence-electron chi connectivity index (χ2n) is 4.12. The van der Waals surface area contributed by atoms with Crippen molar-refractivity contribution in [3.8, 4) is 5.75 Å². The van der Waals surface area contributed by atoms with Crippen LogP contribution < -0.4 is 4.74 Å². The summed E-state index contributed by atoms with van der Waals surface area (Å²) in [5.41, 5.74) is 0.475. The zero-order valence-electron chi connectivity index (χ0n) is 9.73. The van der Waals surface area contributed by atoms with E-state index in [-0.39, 0.29) is 18.3 Å². The number of hydrogen-bond acceptors (Lipinski definition) is 4. The SMILES string of the molecule is O=Cc1ccc(OCC(=O)C2CCOC2)c(Cl)c1. The van der Waals surface area contributed by atoms with Crippen molar-refractivity contribution in [1.29, 1.82) is 0 Å². The number of carbonyl (C=O) groups is 2. The van der Waals surface area contributed by atoms with Gasteiger partial charge in [-0.05, 0) is 24.6 Å². The Morgan fingerprint density at radius 1 is 1.56 bits per heavy atom. The summed E-state index contributed by atoms with van der Waals surface area (Å²) in [5.74, 6) is 0.357. The molecule has 2 rings (SSSR count). The van der Waals surface area contributed by atoms with Gasteiger partial charge in [-0.25, -0.2) is 0 Å². The summed E-state index contributed by atoms with van der Waals surface area (Å²) in [5, 5.41) is 0.329. The summed E-state index contributed by atoms with van der Waals surface area (Å²) in [6.07, 6.45) is 1.46. The van der Waals surface area contributed by atoms with E-state index < -0.39 is 0 Å². The van der Waals surface area contributed by atoms with E-state index in [0.29, 0.717) is 35.8 Å². The lowest BCUT2D eigenvalue weighted by Gasteiger charge is -2.10. The van der Waals surface area contributed by atoms with Crippen LogP contribution in [0.2, 0.25) is 5.02 Å². The molecular weight excluding hydrogens is 256 g/mol. The summed E-state index contributed by atoms with van der Waals surface area (Å²) >= 11 is 5.93. The molecule has 4 nitrogen and oxygen atoms in total. The molecule has 0 bridgehead atoms. The molecule has 1 fully saturated rings. The summed E-state index contributed by atoms with van der Waals surface area (Å²) in [6, 6.07) is 4.69. The third-order valence-electron chi connectivity index (χ3n) is 2.85. The Kier molecular flexibility index (Phi) is 4.33. The van der Waals surface area contributed by atoms with Gasteiger partial charge in [-0.15, -0.1) is 0 Å². The molecule has 0 aromatic heterocycles. The Labute approximate surface area is 110 Å². The van der Waals surface area contributed by atoms with E-state index in [1.807, 2.05) is 0 Å². The molecule has 0 amide bonds. The van der Waals surface area contributed by atoms with Crippen molar-refractivity contribution in [2.45, 2.75) is 6.42 Å². The average molecular weight is 269 g/mol. The van der Waals surface area contributed by atoms with Gasteiger partial charge in [-0.3, -0.25) is 9.59 Å². The second kappa shape index (κ2) is 5.98. The molecule has 0 radical (unpaired) electrons. The van der Waals surface area contributed by atoms with Gasteiger partial charge in [0.15, 0.2) is 5.78 Å². The van der Waals surface area contributed by atoms with Gasteiger partial charge in [0.05, 0.1) is 11.6 Å². The van der Waals surface area contributed by atoms with E-state index in [9.17, 15) is 9.59 Å². The first kappa shape index (κ1) is 13.1. The summed E-state index contributed by atoms with van der Waals surface area (Å²) in [7, 11) is 0. The van der Waals surface area contributed by atoms with Crippen molar-refractivity contribution in [2.24, 2.45) is 5.92 Å². The monoisotopic (exact) mass is 268 g/mol. The predicted molar refractivity (Wildman–Crippen MR) is 66.3 cm³/mol. The molecule has 96 valence electrons. The minimum Gasteiger partial charge on any atom is -0.484 e. The van der Waals surface area contributed by atoms with Crippen LogP contribution in [0, 0.1) is 5.92 Å². The van der Waals surface area contributed by atoms with Crippen molar-refractivity contribution in [3.63, 3.8) is 0 Å². The zero-order chi connectivity index (χ0) is 13.0. The Balaban J connectivity index is 1.93. The van der Waals surface area contributed by atoms with E-state index in [4.69, 9.17) is 21.1 Å². The Hall–Kier alpha value is -1.39. The molecule has 0 saturated carbocycles. The third kappa shape index (κ3) is 3.09. The maximum absolute atomic E-state index is 11.7. The summed E-state index contributed by atoms with van der Waals surface area (Å²) in [4.78, 5) is 22.3. The molecule has 0 spiro atoms. The lowest BCUT2D eigenvalue weighted by Crippen LogP contribution is -2.21. The number of benzene rings is 1. The van der Waals surface area contributed by atoms with Crippen LogP contribution in [0.1, 0.15) is 16.8 Å². The van der Waals surface area contributed by atoms with Crippen LogP contribution >= 0.6 is 11.6 Å². The number of rotatable bonds is 5.